The maximum absolute atomic E-state index is 5.75. The molecule has 0 amide bonds. The van der Waals surface area contributed by atoms with Crippen LogP contribution in [0.2, 0.25) is 0 Å². The van der Waals surface area contributed by atoms with E-state index in [2.05, 4.69) is 14.3 Å². The normalized spacial score (nSPS) is 17.9. The fraction of sp³-hybridized carbons (Fsp3) is 0.800. The zero-order chi connectivity index (χ0) is 11.2. The Hall–Kier alpha value is -0.720. The number of rotatable bonds is 5. The van der Waals surface area contributed by atoms with E-state index in [4.69, 9.17) is 10.5 Å². The second-order valence-corrected chi connectivity index (χ2v) is 4.68. The van der Waals surface area contributed by atoms with Gasteiger partial charge < -0.3 is 15.4 Å². The lowest BCUT2D eigenvalue weighted by atomic mass is 10.1. The van der Waals surface area contributed by atoms with Crippen molar-refractivity contribution in [1.29, 1.82) is 0 Å². The maximum atomic E-state index is 5.75. The zero-order valence-electron chi connectivity index (χ0n) is 9.34. The van der Waals surface area contributed by atoms with E-state index < -0.39 is 0 Å². The Morgan fingerprint density at radius 3 is 2.94 bits per heavy atom. The van der Waals surface area contributed by atoms with Crippen molar-refractivity contribution < 1.29 is 4.74 Å². The third-order valence-corrected chi connectivity index (χ3v) is 3.49. The predicted octanol–water partition coefficient (Wildman–Crippen LogP) is 0.872. The highest BCUT2D eigenvalue weighted by molar-refractivity contribution is 7.09. The molecule has 5 nitrogen and oxygen atoms in total. The van der Waals surface area contributed by atoms with Crippen molar-refractivity contribution in [3.8, 4) is 0 Å². The lowest BCUT2D eigenvalue weighted by molar-refractivity contribution is 0.0366. The molecule has 0 bridgehead atoms. The largest absolute Gasteiger partial charge is 0.378 e. The summed E-state index contributed by atoms with van der Waals surface area (Å²) >= 11 is 1.46. The summed E-state index contributed by atoms with van der Waals surface area (Å²) in [5.41, 5.74) is 5.43. The monoisotopic (exact) mass is 242 g/mol. The summed E-state index contributed by atoms with van der Waals surface area (Å²) in [5, 5.41) is 1.03. The van der Waals surface area contributed by atoms with Crippen molar-refractivity contribution in [3.05, 3.63) is 6.33 Å². The highest BCUT2D eigenvalue weighted by Gasteiger charge is 2.21. The average Bonchev–Trinajstić information content (AvgIpc) is 2.84. The van der Waals surface area contributed by atoms with Gasteiger partial charge in [0.1, 0.15) is 6.33 Å². The van der Waals surface area contributed by atoms with Crippen LogP contribution in [0.15, 0.2) is 6.33 Å². The van der Waals surface area contributed by atoms with Gasteiger partial charge in [0.05, 0.1) is 6.10 Å². The molecule has 1 aromatic heterocycles. The summed E-state index contributed by atoms with van der Waals surface area (Å²) in [6, 6.07) is 0. The van der Waals surface area contributed by atoms with E-state index in [0.29, 0.717) is 12.6 Å². The molecule has 2 rings (SSSR count). The van der Waals surface area contributed by atoms with Crippen LogP contribution in [-0.4, -0.2) is 41.7 Å². The van der Waals surface area contributed by atoms with Gasteiger partial charge in [0.15, 0.2) is 0 Å². The number of piperidine rings is 1. The lowest BCUT2D eigenvalue weighted by Crippen LogP contribution is -2.37. The summed E-state index contributed by atoms with van der Waals surface area (Å²) in [5.74, 6) is 0. The summed E-state index contributed by atoms with van der Waals surface area (Å²) in [6.45, 7) is 3.54. The van der Waals surface area contributed by atoms with Crippen LogP contribution in [0, 0.1) is 0 Å². The molecule has 0 aromatic carbocycles. The summed E-state index contributed by atoms with van der Waals surface area (Å²) in [4.78, 5) is 6.49. The van der Waals surface area contributed by atoms with Gasteiger partial charge in [-0.3, -0.25) is 0 Å². The Labute approximate surface area is 99.8 Å². The molecule has 1 saturated heterocycles. The minimum atomic E-state index is 0.399. The van der Waals surface area contributed by atoms with Crippen LogP contribution in [0.4, 0.5) is 5.13 Å². The van der Waals surface area contributed by atoms with Gasteiger partial charge in [0, 0.05) is 31.2 Å². The van der Waals surface area contributed by atoms with Gasteiger partial charge in [-0.15, -0.1) is 0 Å². The van der Waals surface area contributed by atoms with E-state index in [1.807, 2.05) is 0 Å². The molecular formula is C10H18N4OS. The van der Waals surface area contributed by atoms with Crippen LogP contribution in [0.5, 0.6) is 0 Å². The Bertz CT molecular complexity index is 285. The quantitative estimate of drug-likeness (QED) is 0.776. The van der Waals surface area contributed by atoms with E-state index >= 15 is 0 Å². The fourth-order valence-electron chi connectivity index (χ4n) is 1.85. The molecule has 0 atom stereocenters. The molecule has 6 heteroatoms. The van der Waals surface area contributed by atoms with Crippen molar-refractivity contribution in [1.82, 2.24) is 9.36 Å². The number of nitrogens with zero attached hydrogens (tertiary/aromatic N) is 3. The molecule has 1 fully saturated rings. The van der Waals surface area contributed by atoms with Gasteiger partial charge in [0.25, 0.3) is 0 Å². The van der Waals surface area contributed by atoms with Crippen LogP contribution in [0.3, 0.4) is 0 Å². The van der Waals surface area contributed by atoms with E-state index in [1.54, 1.807) is 6.33 Å². The number of hydrogen-bond acceptors (Lipinski definition) is 6. The average molecular weight is 242 g/mol. The first-order valence-electron chi connectivity index (χ1n) is 5.73. The molecule has 2 heterocycles. The first-order chi connectivity index (χ1) is 7.90. The molecule has 16 heavy (non-hydrogen) atoms. The smallest absolute Gasteiger partial charge is 0.204 e. The molecule has 0 saturated carbocycles. The zero-order valence-corrected chi connectivity index (χ0v) is 10.2. The molecule has 0 unspecified atom stereocenters. The molecule has 0 radical (unpaired) electrons. The molecule has 90 valence electrons. The highest BCUT2D eigenvalue weighted by Crippen LogP contribution is 2.21. The topological polar surface area (TPSA) is 64.3 Å². The molecular weight excluding hydrogens is 224 g/mol. The number of aromatic nitrogens is 2. The van der Waals surface area contributed by atoms with Gasteiger partial charge >= 0.3 is 0 Å². The van der Waals surface area contributed by atoms with Crippen LogP contribution >= 0.6 is 11.5 Å². The van der Waals surface area contributed by atoms with Crippen molar-refractivity contribution in [3.63, 3.8) is 0 Å². The van der Waals surface area contributed by atoms with Crippen LogP contribution in [0.25, 0.3) is 0 Å². The Balaban J connectivity index is 1.70. The van der Waals surface area contributed by atoms with Crippen LogP contribution < -0.4 is 10.6 Å². The second kappa shape index (κ2) is 6.12. The summed E-state index contributed by atoms with van der Waals surface area (Å²) in [7, 11) is 0. The Morgan fingerprint density at radius 2 is 2.31 bits per heavy atom. The van der Waals surface area contributed by atoms with Gasteiger partial charge in [-0.1, -0.05) is 0 Å². The number of anilines is 1. The summed E-state index contributed by atoms with van der Waals surface area (Å²) < 4.78 is 9.77. The second-order valence-electron chi connectivity index (χ2n) is 3.92. The SMILES string of the molecule is NCCCOC1CCN(c2ncns2)CC1. The van der Waals surface area contributed by atoms with Crippen molar-refractivity contribution in [2.75, 3.05) is 31.1 Å². The highest BCUT2D eigenvalue weighted by atomic mass is 32.1. The van der Waals surface area contributed by atoms with Crippen LogP contribution in [0.1, 0.15) is 19.3 Å². The van der Waals surface area contributed by atoms with Gasteiger partial charge in [-0.25, -0.2) is 4.98 Å². The molecule has 0 spiro atoms. The van der Waals surface area contributed by atoms with Crippen molar-refractivity contribution in [2.45, 2.75) is 25.4 Å². The number of nitrogens with two attached hydrogens (primary N) is 1. The predicted molar refractivity (Wildman–Crippen MR) is 64.8 cm³/mol. The molecule has 1 aliphatic rings. The lowest BCUT2D eigenvalue weighted by Gasteiger charge is -2.31. The third-order valence-electron chi connectivity index (χ3n) is 2.76. The number of ether oxygens (including phenoxy) is 1. The van der Waals surface area contributed by atoms with E-state index in [1.165, 1.54) is 11.5 Å². The van der Waals surface area contributed by atoms with E-state index in [-0.39, 0.29) is 0 Å². The van der Waals surface area contributed by atoms with E-state index in [9.17, 15) is 0 Å². The molecule has 0 aliphatic carbocycles. The standard InChI is InChI=1S/C10H18N4OS/c11-4-1-7-15-9-2-5-14(6-3-9)10-12-8-13-16-10/h8-9H,1-7,11H2. The van der Waals surface area contributed by atoms with Gasteiger partial charge in [0.2, 0.25) is 5.13 Å². The minimum Gasteiger partial charge on any atom is -0.378 e. The first-order valence-corrected chi connectivity index (χ1v) is 6.51. The molecule has 1 aliphatic heterocycles. The fourth-order valence-corrected chi connectivity index (χ4v) is 2.43. The Morgan fingerprint density at radius 1 is 1.50 bits per heavy atom. The van der Waals surface area contributed by atoms with Gasteiger partial charge in [-0.05, 0) is 25.8 Å². The summed E-state index contributed by atoms with van der Waals surface area (Å²) in [6.07, 6.45) is 5.12. The molecule has 1 aromatic rings. The van der Waals surface area contributed by atoms with Crippen LogP contribution in [-0.2, 0) is 4.74 Å². The van der Waals surface area contributed by atoms with Gasteiger partial charge in [-0.2, -0.15) is 4.37 Å². The Kier molecular flexibility index (Phi) is 4.50. The minimum absolute atomic E-state index is 0.399. The maximum Gasteiger partial charge on any atom is 0.204 e. The molecule has 2 N–H and O–H groups in total. The number of hydrogen-bond donors (Lipinski definition) is 1. The van der Waals surface area contributed by atoms with Crippen molar-refractivity contribution in [2.24, 2.45) is 5.73 Å². The van der Waals surface area contributed by atoms with E-state index in [0.717, 1.165) is 44.1 Å². The third kappa shape index (κ3) is 3.13. The van der Waals surface area contributed by atoms with Crippen molar-refractivity contribution >= 4 is 16.7 Å². The first kappa shape index (κ1) is 11.8.